The Morgan fingerprint density at radius 3 is 2.58 bits per heavy atom. The molecule has 1 aromatic heterocycles. The van der Waals surface area contributed by atoms with Crippen molar-refractivity contribution in [2.75, 3.05) is 84.7 Å². The van der Waals surface area contributed by atoms with Crippen LogP contribution >= 0.6 is 11.8 Å². The molecule has 0 bridgehead atoms. The number of hydrogen-bond donors (Lipinski definition) is 3. The standard InChI is InChI=1S/C33H47N7O8S2/c1-24(21-40-28-8-6-5-7-27(28)35-33(40)49-18-15-39-13-16-47-17-14-39)48-29-19-25(34-31(42)22-38(4)12-11-37(2)3)9-10-30(29)50(45,46)36-26(23-41)20-32(43)44/h5-10,19,23-24,26,36H,11-18,20-22H2,1-4H3,(H,34,42)(H,43,44)/t24-,26?/m1/s1. The second-order valence-electron chi connectivity index (χ2n) is 12.4. The molecular formula is C33H47N7O8S2. The second-order valence-corrected chi connectivity index (χ2v) is 15.2. The SMILES string of the molecule is C[C@H](Cn1c(SCCN2CCOCC2)nc2ccccc21)Oc1cc(NC(=O)CN(C)CCN(C)C)ccc1S(=O)(=O)NC(C=O)CC(=O)O. The number of carboxylic acid groups (broad SMARTS) is 1. The average molecular weight is 734 g/mol. The molecule has 274 valence electrons. The van der Waals surface area contributed by atoms with E-state index in [1.807, 2.05) is 59.8 Å². The molecule has 3 N–H and O–H groups in total. The smallest absolute Gasteiger partial charge is 0.305 e. The van der Waals surface area contributed by atoms with Gasteiger partial charge in [0.15, 0.2) is 5.16 Å². The number of benzene rings is 2. The van der Waals surface area contributed by atoms with Crippen molar-refractivity contribution in [3.8, 4) is 5.75 Å². The Bertz CT molecular complexity index is 1710. The Labute approximate surface area is 297 Å². The van der Waals surface area contributed by atoms with Crippen molar-refractivity contribution in [1.29, 1.82) is 0 Å². The minimum absolute atomic E-state index is 0.0744. The first kappa shape index (κ1) is 39.2. The Morgan fingerprint density at radius 2 is 1.88 bits per heavy atom. The summed E-state index contributed by atoms with van der Waals surface area (Å²) < 4.78 is 43.0. The van der Waals surface area contributed by atoms with Crippen LogP contribution in [0.2, 0.25) is 0 Å². The zero-order valence-electron chi connectivity index (χ0n) is 28.9. The highest BCUT2D eigenvalue weighted by Crippen LogP contribution is 2.30. The van der Waals surface area contributed by atoms with Gasteiger partial charge < -0.3 is 34.2 Å². The number of nitrogens with one attached hydrogen (secondary N) is 2. The maximum atomic E-state index is 13.5. The summed E-state index contributed by atoms with van der Waals surface area (Å²) in [5, 5.41) is 12.8. The first-order valence-electron chi connectivity index (χ1n) is 16.4. The molecule has 50 heavy (non-hydrogen) atoms. The number of carboxylic acids is 1. The molecule has 3 aromatic rings. The molecule has 1 amide bonds. The third-order valence-electron chi connectivity index (χ3n) is 7.85. The molecule has 0 saturated carbocycles. The molecule has 1 saturated heterocycles. The van der Waals surface area contributed by atoms with E-state index in [4.69, 9.17) is 19.6 Å². The van der Waals surface area contributed by atoms with Gasteiger partial charge in [0.05, 0.1) is 49.8 Å². The van der Waals surface area contributed by atoms with E-state index in [1.54, 1.807) is 18.7 Å². The van der Waals surface area contributed by atoms with Crippen LogP contribution in [0.5, 0.6) is 5.75 Å². The number of likely N-dealkylation sites (N-methyl/N-ethyl adjacent to an activating group) is 2. The van der Waals surface area contributed by atoms with Gasteiger partial charge in [-0.05, 0) is 52.3 Å². The van der Waals surface area contributed by atoms with Crippen LogP contribution in [0.1, 0.15) is 13.3 Å². The van der Waals surface area contributed by atoms with Crippen molar-refractivity contribution >= 4 is 56.7 Å². The van der Waals surface area contributed by atoms with Gasteiger partial charge in [-0.15, -0.1) is 0 Å². The van der Waals surface area contributed by atoms with Gasteiger partial charge in [0.25, 0.3) is 0 Å². The van der Waals surface area contributed by atoms with E-state index >= 15 is 0 Å². The number of nitrogens with zero attached hydrogens (tertiary/aromatic N) is 5. The van der Waals surface area contributed by atoms with Gasteiger partial charge in [0.2, 0.25) is 15.9 Å². The molecule has 1 fully saturated rings. The molecule has 0 aliphatic carbocycles. The quantitative estimate of drug-likeness (QED) is 0.113. The van der Waals surface area contributed by atoms with E-state index < -0.39 is 34.6 Å². The number of imidazole rings is 1. The van der Waals surface area contributed by atoms with E-state index in [9.17, 15) is 22.8 Å². The number of hydrogen-bond acceptors (Lipinski definition) is 12. The van der Waals surface area contributed by atoms with Crippen molar-refractivity contribution in [3.63, 3.8) is 0 Å². The second kappa shape index (κ2) is 18.6. The lowest BCUT2D eigenvalue weighted by Crippen LogP contribution is -2.38. The fraction of sp³-hybridized carbons (Fsp3) is 0.515. The van der Waals surface area contributed by atoms with E-state index in [0.29, 0.717) is 18.8 Å². The van der Waals surface area contributed by atoms with Gasteiger partial charge in [-0.1, -0.05) is 23.9 Å². The molecule has 1 aliphatic heterocycles. The molecule has 2 atom stereocenters. The molecule has 2 heterocycles. The first-order chi connectivity index (χ1) is 23.8. The third-order valence-corrected chi connectivity index (χ3v) is 10.3. The Morgan fingerprint density at radius 1 is 1.14 bits per heavy atom. The van der Waals surface area contributed by atoms with Crippen LogP contribution in [0.15, 0.2) is 52.5 Å². The number of aldehydes is 1. The number of aliphatic carboxylic acids is 1. The fourth-order valence-electron chi connectivity index (χ4n) is 5.31. The Hall–Kier alpha value is -3.58. The summed E-state index contributed by atoms with van der Waals surface area (Å²) >= 11 is 1.63. The monoisotopic (exact) mass is 733 g/mol. The normalized spacial score (nSPS) is 15.3. The zero-order chi connectivity index (χ0) is 36.3. The van der Waals surface area contributed by atoms with Gasteiger partial charge in [-0.3, -0.25) is 19.4 Å². The van der Waals surface area contributed by atoms with Crippen LogP contribution in [-0.4, -0.2) is 147 Å². The van der Waals surface area contributed by atoms with Gasteiger partial charge in [0.1, 0.15) is 23.0 Å². The highest BCUT2D eigenvalue weighted by Gasteiger charge is 2.27. The van der Waals surface area contributed by atoms with Gasteiger partial charge in [-0.2, -0.15) is 0 Å². The number of thioether (sulfide) groups is 1. The number of aromatic nitrogens is 2. The molecular weight excluding hydrogens is 687 g/mol. The highest BCUT2D eigenvalue weighted by atomic mass is 32.2. The third kappa shape index (κ3) is 11.8. The fourth-order valence-corrected chi connectivity index (χ4v) is 7.61. The minimum Gasteiger partial charge on any atom is -0.487 e. The topological polar surface area (TPSA) is 176 Å². The number of para-hydroxylation sites is 2. The van der Waals surface area contributed by atoms with Crippen LogP contribution in [0.4, 0.5) is 5.69 Å². The Balaban J connectivity index is 1.57. The summed E-state index contributed by atoms with van der Waals surface area (Å²) in [4.78, 5) is 46.4. The zero-order valence-corrected chi connectivity index (χ0v) is 30.5. The van der Waals surface area contributed by atoms with Crippen LogP contribution in [0, 0.1) is 0 Å². The molecule has 1 unspecified atom stereocenters. The van der Waals surface area contributed by atoms with E-state index in [-0.39, 0.29) is 29.4 Å². The average Bonchev–Trinajstić information content (AvgIpc) is 3.40. The van der Waals surface area contributed by atoms with Crippen LogP contribution in [0.25, 0.3) is 11.0 Å². The van der Waals surface area contributed by atoms with Crippen molar-refractivity contribution in [2.45, 2.75) is 42.1 Å². The lowest BCUT2D eigenvalue weighted by molar-refractivity contribution is -0.138. The number of sulfonamides is 1. The predicted octanol–water partition coefficient (Wildman–Crippen LogP) is 1.68. The van der Waals surface area contributed by atoms with Crippen molar-refractivity contribution in [3.05, 3.63) is 42.5 Å². The number of carbonyl (C=O) groups is 3. The van der Waals surface area contributed by atoms with Crippen molar-refractivity contribution in [1.82, 2.24) is 29.0 Å². The predicted molar refractivity (Wildman–Crippen MR) is 191 cm³/mol. The minimum atomic E-state index is -4.43. The maximum Gasteiger partial charge on any atom is 0.305 e. The van der Waals surface area contributed by atoms with E-state index in [2.05, 4.69) is 14.9 Å². The van der Waals surface area contributed by atoms with Gasteiger partial charge in [-0.25, -0.2) is 18.1 Å². The Kier molecular flexibility index (Phi) is 14.6. The molecule has 4 rings (SSSR count). The number of rotatable bonds is 20. The van der Waals surface area contributed by atoms with E-state index in [1.165, 1.54) is 18.2 Å². The van der Waals surface area contributed by atoms with Crippen LogP contribution < -0.4 is 14.8 Å². The molecule has 17 heteroatoms. The number of anilines is 1. The van der Waals surface area contributed by atoms with Crippen molar-refractivity contribution in [2.24, 2.45) is 0 Å². The highest BCUT2D eigenvalue weighted by molar-refractivity contribution is 7.99. The molecule has 1 aliphatic rings. The number of amides is 1. The number of morpholine rings is 1. The number of ether oxygens (including phenoxy) is 2. The summed E-state index contributed by atoms with van der Waals surface area (Å²) in [7, 11) is 1.29. The summed E-state index contributed by atoms with van der Waals surface area (Å²) in [5.41, 5.74) is 2.02. The summed E-state index contributed by atoms with van der Waals surface area (Å²) in [6.45, 7) is 7.75. The summed E-state index contributed by atoms with van der Waals surface area (Å²) in [6.07, 6.45) is -1.09. The number of fused-ring (bicyclic) bond motifs is 1. The van der Waals surface area contributed by atoms with Gasteiger partial charge >= 0.3 is 5.97 Å². The summed E-state index contributed by atoms with van der Waals surface area (Å²) in [6, 6.07) is 10.4. The first-order valence-corrected chi connectivity index (χ1v) is 18.8. The van der Waals surface area contributed by atoms with Crippen LogP contribution in [-0.2, 0) is 35.7 Å². The van der Waals surface area contributed by atoms with Gasteiger partial charge in [0, 0.05) is 50.2 Å². The molecule has 0 spiro atoms. The largest absolute Gasteiger partial charge is 0.487 e. The molecule has 15 nitrogen and oxygen atoms in total. The molecule has 2 aromatic carbocycles. The molecule has 0 radical (unpaired) electrons. The maximum absolute atomic E-state index is 13.5. The van der Waals surface area contributed by atoms with E-state index in [0.717, 1.165) is 61.3 Å². The summed E-state index contributed by atoms with van der Waals surface area (Å²) in [5.74, 6) is -0.901. The van der Waals surface area contributed by atoms with Crippen LogP contribution in [0.3, 0.4) is 0 Å². The lowest BCUT2D eigenvalue weighted by atomic mass is 10.2. The number of carbonyl (C=O) groups excluding carboxylic acids is 2. The van der Waals surface area contributed by atoms with Crippen molar-refractivity contribution < 1.29 is 37.4 Å². The lowest BCUT2D eigenvalue weighted by Gasteiger charge is -2.26.